The zero-order valence-electron chi connectivity index (χ0n) is 8.96. The van der Waals surface area contributed by atoms with Crippen LogP contribution in [-0.4, -0.2) is 20.6 Å². The molecule has 1 N–H and O–H groups in total. The van der Waals surface area contributed by atoms with Crippen LogP contribution in [-0.2, 0) is 11.2 Å². The van der Waals surface area contributed by atoms with Gasteiger partial charge < -0.3 is 5.11 Å². The summed E-state index contributed by atoms with van der Waals surface area (Å²) in [5.41, 5.74) is 0.380. The SMILES string of the molecule is O=C(O)[C@@H]1CCc2nc3ccccc3c(=O)n21. The number of para-hydroxylation sites is 1. The summed E-state index contributed by atoms with van der Waals surface area (Å²) in [6.07, 6.45) is 0.977. The quantitative estimate of drug-likeness (QED) is 0.792. The number of hydrogen-bond donors (Lipinski definition) is 1. The molecule has 0 bridgehead atoms. The fourth-order valence-electron chi connectivity index (χ4n) is 2.32. The van der Waals surface area contributed by atoms with Crippen LogP contribution in [0.1, 0.15) is 18.3 Å². The summed E-state index contributed by atoms with van der Waals surface area (Å²) >= 11 is 0. The van der Waals surface area contributed by atoms with Crippen molar-refractivity contribution in [3.63, 3.8) is 0 Å². The van der Waals surface area contributed by atoms with Crippen LogP contribution < -0.4 is 5.56 Å². The molecule has 5 heteroatoms. The number of aliphatic carboxylic acids is 1. The average molecular weight is 230 g/mol. The largest absolute Gasteiger partial charge is 0.480 e. The van der Waals surface area contributed by atoms with Crippen LogP contribution in [0.3, 0.4) is 0 Å². The summed E-state index contributed by atoms with van der Waals surface area (Å²) < 4.78 is 1.31. The topological polar surface area (TPSA) is 72.2 Å². The van der Waals surface area contributed by atoms with Crippen molar-refractivity contribution in [3.05, 3.63) is 40.4 Å². The minimum absolute atomic E-state index is 0.254. The maximum atomic E-state index is 12.2. The van der Waals surface area contributed by atoms with Gasteiger partial charge in [0.2, 0.25) is 0 Å². The highest BCUT2D eigenvalue weighted by molar-refractivity contribution is 5.79. The van der Waals surface area contributed by atoms with Gasteiger partial charge in [-0.15, -0.1) is 0 Å². The van der Waals surface area contributed by atoms with Crippen molar-refractivity contribution in [1.29, 1.82) is 0 Å². The number of fused-ring (bicyclic) bond motifs is 2. The molecule has 0 unspecified atom stereocenters. The molecule has 1 atom stereocenters. The van der Waals surface area contributed by atoms with Gasteiger partial charge in [-0.05, 0) is 18.6 Å². The van der Waals surface area contributed by atoms with Crippen molar-refractivity contribution in [2.75, 3.05) is 0 Å². The Hall–Kier alpha value is -2.17. The van der Waals surface area contributed by atoms with E-state index in [4.69, 9.17) is 5.11 Å². The van der Waals surface area contributed by atoms with Gasteiger partial charge >= 0.3 is 5.97 Å². The van der Waals surface area contributed by atoms with Crippen molar-refractivity contribution in [1.82, 2.24) is 9.55 Å². The molecular weight excluding hydrogens is 220 g/mol. The molecule has 0 radical (unpaired) electrons. The normalized spacial score (nSPS) is 18.2. The van der Waals surface area contributed by atoms with Crippen LogP contribution >= 0.6 is 0 Å². The molecule has 1 aliphatic rings. The molecule has 1 aliphatic heterocycles. The first-order chi connectivity index (χ1) is 8.18. The van der Waals surface area contributed by atoms with E-state index < -0.39 is 12.0 Å². The number of aromatic nitrogens is 2. The molecule has 86 valence electrons. The van der Waals surface area contributed by atoms with Gasteiger partial charge in [0.25, 0.3) is 5.56 Å². The number of carbonyl (C=O) groups is 1. The Kier molecular flexibility index (Phi) is 2.01. The molecule has 1 aromatic carbocycles. The lowest BCUT2D eigenvalue weighted by Crippen LogP contribution is -2.28. The van der Waals surface area contributed by atoms with Gasteiger partial charge in [0.1, 0.15) is 11.9 Å². The van der Waals surface area contributed by atoms with Crippen molar-refractivity contribution < 1.29 is 9.90 Å². The lowest BCUT2D eigenvalue weighted by Gasteiger charge is -2.09. The predicted octanol–water partition coefficient (Wildman–Crippen LogP) is 0.968. The second-order valence-electron chi connectivity index (χ2n) is 4.11. The molecule has 0 aliphatic carbocycles. The van der Waals surface area contributed by atoms with Gasteiger partial charge in [0.05, 0.1) is 10.9 Å². The van der Waals surface area contributed by atoms with Gasteiger partial charge in [0, 0.05) is 6.42 Å². The predicted molar refractivity (Wildman–Crippen MR) is 61.0 cm³/mol. The lowest BCUT2D eigenvalue weighted by molar-refractivity contribution is -0.140. The number of hydrogen-bond acceptors (Lipinski definition) is 3. The third-order valence-electron chi connectivity index (χ3n) is 3.12. The summed E-state index contributed by atoms with van der Waals surface area (Å²) in [4.78, 5) is 27.6. The maximum Gasteiger partial charge on any atom is 0.326 e. The van der Waals surface area contributed by atoms with Gasteiger partial charge in [-0.25, -0.2) is 9.78 Å². The smallest absolute Gasteiger partial charge is 0.326 e. The molecular formula is C12H10N2O3. The first-order valence-corrected chi connectivity index (χ1v) is 5.41. The first-order valence-electron chi connectivity index (χ1n) is 5.41. The van der Waals surface area contributed by atoms with Crippen LogP contribution in [0.15, 0.2) is 29.1 Å². The number of carboxylic acid groups (broad SMARTS) is 1. The van der Waals surface area contributed by atoms with Crippen LogP contribution in [0, 0.1) is 0 Å². The molecule has 0 amide bonds. The molecule has 0 fully saturated rings. The summed E-state index contributed by atoms with van der Waals surface area (Å²) in [6, 6.07) is 6.24. The molecule has 2 aromatic rings. The number of nitrogens with zero attached hydrogens (tertiary/aromatic N) is 2. The molecule has 0 saturated carbocycles. The Labute approximate surface area is 96.3 Å². The van der Waals surface area contributed by atoms with Gasteiger partial charge in [-0.2, -0.15) is 0 Å². The second-order valence-corrected chi connectivity index (χ2v) is 4.11. The summed E-state index contributed by atoms with van der Waals surface area (Å²) in [6.45, 7) is 0. The Morgan fingerprint density at radius 2 is 2.18 bits per heavy atom. The van der Waals surface area contributed by atoms with Crippen LogP contribution in [0.2, 0.25) is 0 Å². The Balaban J connectivity index is 2.37. The fraction of sp³-hybridized carbons (Fsp3) is 0.250. The third-order valence-corrected chi connectivity index (χ3v) is 3.12. The molecule has 1 aromatic heterocycles. The van der Waals surface area contributed by atoms with Crippen molar-refractivity contribution in [2.24, 2.45) is 0 Å². The zero-order chi connectivity index (χ0) is 12.0. The van der Waals surface area contributed by atoms with Gasteiger partial charge in [-0.1, -0.05) is 12.1 Å². The maximum absolute atomic E-state index is 12.2. The van der Waals surface area contributed by atoms with Crippen LogP contribution in [0.25, 0.3) is 10.9 Å². The molecule has 3 rings (SSSR count). The monoisotopic (exact) mass is 230 g/mol. The van der Waals surface area contributed by atoms with E-state index in [2.05, 4.69) is 4.98 Å². The van der Waals surface area contributed by atoms with Crippen molar-refractivity contribution in [2.45, 2.75) is 18.9 Å². The van der Waals surface area contributed by atoms with E-state index in [-0.39, 0.29) is 5.56 Å². The van der Waals surface area contributed by atoms with Crippen molar-refractivity contribution >= 4 is 16.9 Å². The van der Waals surface area contributed by atoms with E-state index in [0.29, 0.717) is 29.6 Å². The highest BCUT2D eigenvalue weighted by Crippen LogP contribution is 2.23. The molecule has 17 heavy (non-hydrogen) atoms. The Morgan fingerprint density at radius 3 is 2.94 bits per heavy atom. The Bertz CT molecular complexity index is 675. The Morgan fingerprint density at radius 1 is 1.41 bits per heavy atom. The minimum Gasteiger partial charge on any atom is -0.480 e. The summed E-state index contributed by atoms with van der Waals surface area (Å²) in [7, 11) is 0. The van der Waals surface area contributed by atoms with E-state index in [1.807, 2.05) is 6.07 Å². The number of benzene rings is 1. The average Bonchev–Trinajstić information content (AvgIpc) is 2.73. The van der Waals surface area contributed by atoms with Crippen molar-refractivity contribution in [3.8, 4) is 0 Å². The summed E-state index contributed by atoms with van der Waals surface area (Å²) in [5.74, 6) is -0.399. The first kappa shape index (κ1) is 10.0. The highest BCUT2D eigenvalue weighted by Gasteiger charge is 2.30. The van der Waals surface area contributed by atoms with Crippen LogP contribution in [0.4, 0.5) is 0 Å². The zero-order valence-corrected chi connectivity index (χ0v) is 8.96. The fourth-order valence-corrected chi connectivity index (χ4v) is 2.32. The number of carboxylic acids is 1. The lowest BCUT2D eigenvalue weighted by atomic mass is 10.2. The van der Waals surface area contributed by atoms with E-state index in [1.54, 1.807) is 18.2 Å². The number of aryl methyl sites for hydroxylation is 1. The second kappa shape index (κ2) is 3.41. The van der Waals surface area contributed by atoms with E-state index in [0.717, 1.165) is 0 Å². The molecule has 0 saturated heterocycles. The van der Waals surface area contributed by atoms with E-state index >= 15 is 0 Å². The number of rotatable bonds is 1. The van der Waals surface area contributed by atoms with Gasteiger partial charge in [0.15, 0.2) is 0 Å². The van der Waals surface area contributed by atoms with Gasteiger partial charge in [-0.3, -0.25) is 9.36 Å². The van der Waals surface area contributed by atoms with E-state index in [1.165, 1.54) is 4.57 Å². The minimum atomic E-state index is -0.970. The summed E-state index contributed by atoms with van der Waals surface area (Å²) in [5, 5.41) is 9.55. The molecule has 2 heterocycles. The molecule has 5 nitrogen and oxygen atoms in total. The standard InChI is InChI=1S/C12H10N2O3/c15-11-7-3-1-2-4-8(7)13-10-6-5-9(12(16)17)14(10)11/h1-4,9H,5-6H2,(H,16,17)/t9-/m0/s1. The third kappa shape index (κ3) is 1.35. The highest BCUT2D eigenvalue weighted by atomic mass is 16.4. The van der Waals surface area contributed by atoms with E-state index in [9.17, 15) is 9.59 Å². The van der Waals surface area contributed by atoms with Crippen LogP contribution in [0.5, 0.6) is 0 Å². The molecule has 0 spiro atoms.